The molecule has 0 amide bonds. The van der Waals surface area contributed by atoms with Gasteiger partial charge in [-0.05, 0) is 34.8 Å². The van der Waals surface area contributed by atoms with E-state index in [1.807, 2.05) is 6.07 Å². The van der Waals surface area contributed by atoms with Crippen LogP contribution in [0, 0.1) is 0 Å². The van der Waals surface area contributed by atoms with Crippen molar-refractivity contribution in [1.29, 1.82) is 0 Å². The van der Waals surface area contributed by atoms with E-state index in [4.69, 9.17) is 22.7 Å². The number of anilines is 1. The van der Waals surface area contributed by atoms with Crippen LogP contribution < -0.4 is 15.8 Å². The average molecular weight is 250 g/mol. The first-order valence-corrected chi connectivity index (χ1v) is 5.09. The van der Waals surface area contributed by atoms with Crippen LogP contribution >= 0.6 is 12.2 Å². The van der Waals surface area contributed by atoms with Crippen molar-refractivity contribution >= 4 is 23.0 Å². The minimum Gasteiger partial charge on any atom is -0.494 e. The van der Waals surface area contributed by atoms with Gasteiger partial charge < -0.3 is 15.8 Å². The highest BCUT2D eigenvalue weighted by molar-refractivity contribution is 7.80. The minimum atomic E-state index is 0.179. The molecule has 0 aliphatic rings. The van der Waals surface area contributed by atoms with Crippen LogP contribution in [0.25, 0.3) is 5.69 Å². The van der Waals surface area contributed by atoms with E-state index in [9.17, 15) is 0 Å². The number of tetrazole rings is 1. The molecule has 0 saturated heterocycles. The van der Waals surface area contributed by atoms with Crippen molar-refractivity contribution in [3.8, 4) is 11.4 Å². The van der Waals surface area contributed by atoms with Crippen molar-refractivity contribution in [2.45, 2.75) is 0 Å². The average Bonchev–Trinajstić information content (AvgIpc) is 2.82. The lowest BCUT2D eigenvalue weighted by atomic mass is 10.2. The Kier molecular flexibility index (Phi) is 3.15. The van der Waals surface area contributed by atoms with Crippen LogP contribution in [-0.4, -0.2) is 32.4 Å². The third kappa shape index (κ3) is 2.48. The number of ether oxygens (including phenoxy) is 1. The van der Waals surface area contributed by atoms with Crippen LogP contribution in [0.15, 0.2) is 24.5 Å². The van der Waals surface area contributed by atoms with Crippen molar-refractivity contribution in [2.75, 3.05) is 12.4 Å². The summed E-state index contributed by atoms with van der Waals surface area (Å²) >= 11 is 4.77. The second-order valence-electron chi connectivity index (χ2n) is 3.13. The number of nitrogens with two attached hydrogens (primary N) is 1. The van der Waals surface area contributed by atoms with Crippen molar-refractivity contribution in [3.05, 3.63) is 24.5 Å². The Labute approximate surface area is 103 Å². The zero-order chi connectivity index (χ0) is 12.3. The first-order chi connectivity index (χ1) is 8.20. The number of thiocarbonyl (C=S) groups is 1. The van der Waals surface area contributed by atoms with Crippen molar-refractivity contribution < 1.29 is 4.74 Å². The van der Waals surface area contributed by atoms with E-state index in [1.165, 1.54) is 11.0 Å². The number of rotatable bonds is 3. The lowest BCUT2D eigenvalue weighted by Gasteiger charge is -2.11. The molecule has 2 rings (SSSR count). The fourth-order valence-corrected chi connectivity index (χ4v) is 1.45. The number of nitrogens with zero attached hydrogens (tertiary/aromatic N) is 4. The van der Waals surface area contributed by atoms with Gasteiger partial charge in [0.2, 0.25) is 0 Å². The second kappa shape index (κ2) is 4.74. The Morgan fingerprint density at radius 1 is 1.53 bits per heavy atom. The fourth-order valence-electron chi connectivity index (χ4n) is 1.34. The van der Waals surface area contributed by atoms with E-state index in [2.05, 4.69) is 20.8 Å². The highest BCUT2D eigenvalue weighted by Crippen LogP contribution is 2.26. The zero-order valence-electron chi connectivity index (χ0n) is 8.99. The standard InChI is InChI=1S/C9H10N6OS/c1-16-8-4-6(15-5-11-13-14-15)2-3-7(8)12-9(10)17/h2-5H,1H3,(H3,10,12,17). The summed E-state index contributed by atoms with van der Waals surface area (Å²) in [5, 5.41) is 13.9. The van der Waals surface area contributed by atoms with E-state index < -0.39 is 0 Å². The lowest BCUT2D eigenvalue weighted by Crippen LogP contribution is -2.19. The molecule has 0 atom stereocenters. The predicted octanol–water partition coefficient (Wildman–Crippen LogP) is 0.326. The van der Waals surface area contributed by atoms with Crippen LogP contribution in [0.4, 0.5) is 5.69 Å². The Bertz CT molecular complexity index is 526. The maximum absolute atomic E-state index is 5.41. The smallest absolute Gasteiger partial charge is 0.168 e. The van der Waals surface area contributed by atoms with E-state index >= 15 is 0 Å². The molecule has 0 aliphatic carbocycles. The molecule has 1 aromatic carbocycles. The SMILES string of the molecule is COc1cc(-n2cnnn2)ccc1NC(N)=S. The van der Waals surface area contributed by atoms with E-state index in [0.29, 0.717) is 11.4 Å². The summed E-state index contributed by atoms with van der Waals surface area (Å²) < 4.78 is 6.75. The van der Waals surface area contributed by atoms with Gasteiger partial charge in [0, 0.05) is 6.07 Å². The molecule has 8 heteroatoms. The molecule has 3 N–H and O–H groups in total. The molecule has 0 radical (unpaired) electrons. The van der Waals surface area contributed by atoms with Crippen molar-refractivity contribution in [1.82, 2.24) is 20.2 Å². The summed E-state index contributed by atoms with van der Waals surface area (Å²) in [6.07, 6.45) is 1.50. The maximum Gasteiger partial charge on any atom is 0.168 e. The number of nitrogens with one attached hydrogen (secondary N) is 1. The molecular weight excluding hydrogens is 240 g/mol. The van der Waals surface area contributed by atoms with Gasteiger partial charge in [0.25, 0.3) is 0 Å². The molecule has 17 heavy (non-hydrogen) atoms. The number of hydrogen-bond acceptors (Lipinski definition) is 5. The Hall–Kier alpha value is -2.22. The van der Waals surface area contributed by atoms with E-state index in [-0.39, 0.29) is 5.11 Å². The third-order valence-corrected chi connectivity index (χ3v) is 2.16. The van der Waals surface area contributed by atoms with Gasteiger partial charge in [0.1, 0.15) is 12.1 Å². The fraction of sp³-hybridized carbons (Fsp3) is 0.111. The summed E-state index contributed by atoms with van der Waals surface area (Å²) in [6, 6.07) is 5.38. The molecule has 0 bridgehead atoms. The van der Waals surface area contributed by atoms with E-state index in [1.54, 1.807) is 19.2 Å². The van der Waals surface area contributed by atoms with Gasteiger partial charge in [-0.3, -0.25) is 0 Å². The third-order valence-electron chi connectivity index (χ3n) is 2.06. The predicted molar refractivity (Wildman–Crippen MR) is 66.1 cm³/mol. The molecule has 88 valence electrons. The molecule has 0 fully saturated rings. The molecule has 0 saturated carbocycles. The summed E-state index contributed by atoms with van der Waals surface area (Å²) in [5.74, 6) is 0.603. The van der Waals surface area contributed by atoms with Crippen LogP contribution in [0.2, 0.25) is 0 Å². The molecule has 0 aliphatic heterocycles. The second-order valence-corrected chi connectivity index (χ2v) is 3.57. The number of methoxy groups -OCH3 is 1. The van der Waals surface area contributed by atoms with Gasteiger partial charge >= 0.3 is 0 Å². The quantitative estimate of drug-likeness (QED) is 0.758. The molecule has 1 heterocycles. The van der Waals surface area contributed by atoms with Crippen LogP contribution in [0.1, 0.15) is 0 Å². The number of benzene rings is 1. The lowest BCUT2D eigenvalue weighted by molar-refractivity contribution is 0.416. The summed E-state index contributed by atoms with van der Waals surface area (Å²) in [5.41, 5.74) is 6.88. The topological polar surface area (TPSA) is 90.9 Å². The Morgan fingerprint density at radius 3 is 2.94 bits per heavy atom. The van der Waals surface area contributed by atoms with Crippen molar-refractivity contribution in [3.63, 3.8) is 0 Å². The number of aromatic nitrogens is 4. The Morgan fingerprint density at radius 2 is 2.35 bits per heavy atom. The van der Waals surface area contributed by atoms with Crippen LogP contribution in [-0.2, 0) is 0 Å². The van der Waals surface area contributed by atoms with E-state index in [0.717, 1.165) is 5.69 Å². The minimum absolute atomic E-state index is 0.179. The monoisotopic (exact) mass is 250 g/mol. The molecule has 1 aromatic heterocycles. The van der Waals surface area contributed by atoms with Gasteiger partial charge in [0.15, 0.2) is 5.11 Å². The van der Waals surface area contributed by atoms with Gasteiger partial charge in [-0.1, -0.05) is 0 Å². The van der Waals surface area contributed by atoms with Crippen LogP contribution in [0.3, 0.4) is 0 Å². The molecule has 2 aromatic rings. The van der Waals surface area contributed by atoms with Crippen LogP contribution in [0.5, 0.6) is 5.75 Å². The highest BCUT2D eigenvalue weighted by Gasteiger charge is 2.06. The summed E-state index contributed by atoms with van der Waals surface area (Å²) in [6.45, 7) is 0. The molecule has 7 nitrogen and oxygen atoms in total. The Balaban J connectivity index is 2.37. The van der Waals surface area contributed by atoms with Crippen molar-refractivity contribution in [2.24, 2.45) is 5.73 Å². The largest absolute Gasteiger partial charge is 0.494 e. The van der Waals surface area contributed by atoms with Gasteiger partial charge in [-0.15, -0.1) is 5.10 Å². The molecule has 0 unspecified atom stereocenters. The first kappa shape index (κ1) is 11.3. The number of hydrogen-bond donors (Lipinski definition) is 2. The van der Waals surface area contributed by atoms with Gasteiger partial charge in [-0.25, -0.2) is 4.68 Å². The molecule has 0 spiro atoms. The highest BCUT2D eigenvalue weighted by atomic mass is 32.1. The summed E-state index contributed by atoms with van der Waals surface area (Å²) in [4.78, 5) is 0. The first-order valence-electron chi connectivity index (χ1n) is 4.68. The normalized spacial score (nSPS) is 9.94. The van der Waals surface area contributed by atoms with Gasteiger partial charge in [0.05, 0.1) is 18.5 Å². The van der Waals surface area contributed by atoms with Gasteiger partial charge in [-0.2, -0.15) is 0 Å². The maximum atomic E-state index is 5.41. The zero-order valence-corrected chi connectivity index (χ0v) is 9.81. The summed E-state index contributed by atoms with van der Waals surface area (Å²) in [7, 11) is 1.56. The molecular formula is C9H10N6OS.